The fourth-order valence-electron chi connectivity index (χ4n) is 4.66. The zero-order valence-electron chi connectivity index (χ0n) is 21.3. The van der Waals surface area contributed by atoms with Crippen molar-refractivity contribution >= 4 is 52.7 Å². The highest BCUT2D eigenvalue weighted by atomic mass is 35.5. The van der Waals surface area contributed by atoms with Gasteiger partial charge in [0.05, 0.1) is 18.2 Å². The molecule has 3 amide bonds. The van der Waals surface area contributed by atoms with Gasteiger partial charge in [-0.25, -0.2) is 9.78 Å². The van der Waals surface area contributed by atoms with Crippen molar-refractivity contribution in [1.29, 1.82) is 0 Å². The van der Waals surface area contributed by atoms with Gasteiger partial charge in [-0.1, -0.05) is 59.2 Å². The van der Waals surface area contributed by atoms with E-state index < -0.39 is 12.1 Å². The van der Waals surface area contributed by atoms with Crippen molar-refractivity contribution in [2.24, 2.45) is 4.99 Å². The molecule has 0 bridgehead atoms. The summed E-state index contributed by atoms with van der Waals surface area (Å²) in [5.41, 5.74) is 2.18. The zero-order chi connectivity index (χ0) is 27.5. The van der Waals surface area contributed by atoms with Gasteiger partial charge in [0, 0.05) is 29.3 Å². The van der Waals surface area contributed by atoms with Gasteiger partial charge in [-0.2, -0.15) is 4.98 Å². The largest absolute Gasteiger partial charge is 0.477 e. The highest BCUT2D eigenvalue weighted by Crippen LogP contribution is 2.45. The van der Waals surface area contributed by atoms with Crippen LogP contribution >= 0.6 is 35.0 Å². The molecule has 0 aliphatic carbocycles. The number of carbonyl (C=O) groups excluding carboxylic acids is 2. The number of hydrogen-bond donors (Lipinski definition) is 1. The number of rotatable bonds is 6. The van der Waals surface area contributed by atoms with Crippen molar-refractivity contribution in [3.63, 3.8) is 0 Å². The van der Waals surface area contributed by atoms with Crippen molar-refractivity contribution in [3.05, 3.63) is 81.5 Å². The molecule has 5 rings (SSSR count). The summed E-state index contributed by atoms with van der Waals surface area (Å²) < 4.78 is 5.90. The lowest BCUT2D eigenvalue weighted by molar-refractivity contribution is -0.123. The molecule has 202 valence electrons. The van der Waals surface area contributed by atoms with E-state index in [1.165, 1.54) is 16.7 Å². The minimum Gasteiger partial charge on any atom is -0.477 e. The smallest absolute Gasteiger partial charge is 0.326 e. The monoisotopic (exact) mass is 584 g/mol. The number of piperazine rings is 1. The van der Waals surface area contributed by atoms with Crippen molar-refractivity contribution < 1.29 is 14.3 Å². The number of benzene rings is 2. The molecule has 1 N–H and O–H groups in total. The summed E-state index contributed by atoms with van der Waals surface area (Å²) in [4.78, 5) is 43.8. The number of thioether (sulfide) groups is 1. The number of carbonyl (C=O) groups is 2. The first kappa shape index (κ1) is 27.2. The molecule has 2 aliphatic heterocycles. The summed E-state index contributed by atoms with van der Waals surface area (Å²) in [7, 11) is 0. The molecule has 0 radical (unpaired) electrons. The first-order valence-electron chi connectivity index (χ1n) is 12.4. The van der Waals surface area contributed by atoms with E-state index in [9.17, 15) is 9.59 Å². The van der Waals surface area contributed by atoms with Crippen LogP contribution < -0.4 is 10.1 Å². The Hall–Kier alpha value is -3.34. The summed E-state index contributed by atoms with van der Waals surface area (Å²) in [6.45, 7) is 2.91. The number of amidine groups is 1. The molecular formula is C27H26Cl2N6O3S. The molecule has 39 heavy (non-hydrogen) atoms. The standard InChI is InChI=1S/C27H26Cl2N6O3S/c1-3-38-25-20(14-31-26(33-25)39-2)24-32-22(16-4-8-18(28)9-5-16)23(17-6-10-19(29)11-7-17)35(24)27(37)34-13-12-30-21(36)15-34/h4-11,14,22-23H,3,12-13,15H2,1-2H3,(H,30,36). The highest BCUT2D eigenvalue weighted by molar-refractivity contribution is 7.98. The van der Waals surface area contributed by atoms with E-state index >= 15 is 0 Å². The third-order valence-electron chi connectivity index (χ3n) is 6.44. The Bertz CT molecular complexity index is 1400. The van der Waals surface area contributed by atoms with Crippen LogP contribution in [0.15, 0.2) is 64.9 Å². The van der Waals surface area contributed by atoms with Gasteiger partial charge in [0.2, 0.25) is 11.8 Å². The molecule has 1 fully saturated rings. The molecule has 2 unspecified atom stereocenters. The van der Waals surface area contributed by atoms with Gasteiger partial charge in [-0.15, -0.1) is 0 Å². The number of aromatic nitrogens is 2. The van der Waals surface area contributed by atoms with Crippen molar-refractivity contribution in [1.82, 2.24) is 25.1 Å². The second-order valence-corrected chi connectivity index (χ2v) is 10.5. The lowest BCUT2D eigenvalue weighted by Gasteiger charge is -2.35. The SMILES string of the molecule is CCOc1nc(SC)ncc1C1=NC(c2ccc(Cl)cc2)C(c2ccc(Cl)cc2)N1C(=O)N1CCNC(=O)C1. The predicted octanol–water partition coefficient (Wildman–Crippen LogP) is 5.00. The van der Waals surface area contributed by atoms with Gasteiger partial charge in [-0.05, 0) is 48.6 Å². The maximum atomic E-state index is 14.3. The fourth-order valence-corrected chi connectivity index (χ4v) is 5.24. The highest BCUT2D eigenvalue weighted by Gasteiger charge is 2.45. The van der Waals surface area contributed by atoms with Crippen LogP contribution in [0.1, 0.15) is 35.7 Å². The molecule has 2 aliphatic rings. The second-order valence-electron chi connectivity index (χ2n) is 8.88. The molecule has 2 aromatic carbocycles. The van der Waals surface area contributed by atoms with Gasteiger partial charge >= 0.3 is 6.03 Å². The topological polar surface area (TPSA) is 100 Å². The Morgan fingerprint density at radius 1 is 1.10 bits per heavy atom. The average molecular weight is 586 g/mol. The Balaban J connectivity index is 1.70. The summed E-state index contributed by atoms with van der Waals surface area (Å²) in [6.07, 6.45) is 3.51. The van der Waals surface area contributed by atoms with Gasteiger partial charge in [0.1, 0.15) is 18.4 Å². The van der Waals surface area contributed by atoms with E-state index in [0.717, 1.165) is 11.1 Å². The first-order chi connectivity index (χ1) is 18.9. The molecular weight excluding hydrogens is 559 g/mol. The van der Waals surface area contributed by atoms with Crippen LogP contribution in [0.3, 0.4) is 0 Å². The van der Waals surface area contributed by atoms with Crippen LogP contribution in [0.25, 0.3) is 0 Å². The summed E-state index contributed by atoms with van der Waals surface area (Å²) >= 11 is 13.8. The normalized spacial score (nSPS) is 19.1. The van der Waals surface area contributed by atoms with E-state index in [-0.39, 0.29) is 18.5 Å². The second kappa shape index (κ2) is 11.8. The zero-order valence-corrected chi connectivity index (χ0v) is 23.6. The number of amides is 3. The summed E-state index contributed by atoms with van der Waals surface area (Å²) in [5, 5.41) is 4.48. The molecule has 0 spiro atoms. The lowest BCUT2D eigenvalue weighted by Crippen LogP contribution is -2.55. The third kappa shape index (κ3) is 5.68. The predicted molar refractivity (Wildman–Crippen MR) is 152 cm³/mol. The van der Waals surface area contributed by atoms with Crippen molar-refractivity contribution in [3.8, 4) is 5.88 Å². The van der Waals surface area contributed by atoms with Crippen molar-refractivity contribution in [2.45, 2.75) is 24.2 Å². The van der Waals surface area contributed by atoms with E-state index in [0.29, 0.717) is 52.2 Å². The van der Waals surface area contributed by atoms with E-state index in [1.807, 2.05) is 37.4 Å². The molecule has 12 heteroatoms. The van der Waals surface area contributed by atoms with Gasteiger partial charge in [0.15, 0.2) is 5.16 Å². The number of nitrogens with one attached hydrogen (secondary N) is 1. The molecule has 9 nitrogen and oxygen atoms in total. The van der Waals surface area contributed by atoms with Crippen LogP contribution in [0, 0.1) is 0 Å². The Labute approximate surface area is 240 Å². The number of ether oxygens (including phenoxy) is 1. The number of halogens is 2. The molecule has 1 saturated heterocycles. The maximum absolute atomic E-state index is 14.3. The molecule has 3 aromatic rings. The molecule has 2 atom stereocenters. The quantitative estimate of drug-likeness (QED) is 0.323. The lowest BCUT2D eigenvalue weighted by atomic mass is 9.94. The Morgan fingerprint density at radius 2 is 1.77 bits per heavy atom. The number of urea groups is 1. The van der Waals surface area contributed by atoms with Crippen LogP contribution in [-0.4, -0.2) is 70.0 Å². The maximum Gasteiger partial charge on any atom is 0.326 e. The Morgan fingerprint density at radius 3 is 2.38 bits per heavy atom. The molecule has 0 saturated carbocycles. The summed E-state index contributed by atoms with van der Waals surface area (Å²) in [6, 6.07) is 13.3. The number of nitrogens with zero attached hydrogens (tertiary/aromatic N) is 5. The molecule has 3 heterocycles. The number of hydrogen-bond acceptors (Lipinski definition) is 7. The van der Waals surface area contributed by atoms with Crippen LogP contribution in [0.2, 0.25) is 10.0 Å². The van der Waals surface area contributed by atoms with Crippen LogP contribution in [-0.2, 0) is 4.79 Å². The number of aliphatic imine (C=N–C) groups is 1. The minimum atomic E-state index is -0.550. The third-order valence-corrected chi connectivity index (χ3v) is 7.51. The van der Waals surface area contributed by atoms with Gasteiger partial charge < -0.3 is 15.0 Å². The van der Waals surface area contributed by atoms with Crippen LogP contribution in [0.4, 0.5) is 4.79 Å². The van der Waals surface area contributed by atoms with Crippen molar-refractivity contribution in [2.75, 3.05) is 32.5 Å². The fraction of sp³-hybridized carbons (Fsp3) is 0.296. The van der Waals surface area contributed by atoms with Crippen LogP contribution in [0.5, 0.6) is 5.88 Å². The van der Waals surface area contributed by atoms with E-state index in [4.69, 9.17) is 32.9 Å². The van der Waals surface area contributed by atoms with Gasteiger partial charge in [0.25, 0.3) is 0 Å². The van der Waals surface area contributed by atoms with E-state index in [2.05, 4.69) is 15.3 Å². The average Bonchev–Trinajstić information content (AvgIpc) is 3.34. The Kier molecular flexibility index (Phi) is 8.25. The minimum absolute atomic E-state index is 0.0538. The molecule has 1 aromatic heterocycles. The first-order valence-corrected chi connectivity index (χ1v) is 14.4. The summed E-state index contributed by atoms with van der Waals surface area (Å²) in [5.74, 6) is 0.477. The van der Waals surface area contributed by atoms with E-state index in [1.54, 1.807) is 35.4 Å². The van der Waals surface area contributed by atoms with Gasteiger partial charge in [-0.3, -0.25) is 14.7 Å².